The fourth-order valence-electron chi connectivity index (χ4n) is 8.11. The minimum atomic E-state index is -4.71. The second-order valence-corrected chi connectivity index (χ2v) is 20.3. The number of rotatable bonds is 15. The first-order valence-electron chi connectivity index (χ1n) is 24.5. The molecule has 0 aromatic heterocycles. The van der Waals surface area contributed by atoms with Crippen LogP contribution in [0.1, 0.15) is 113 Å². The molecule has 1 aliphatic rings. The molecule has 1 aromatic carbocycles. The summed E-state index contributed by atoms with van der Waals surface area (Å²) in [7, 11) is -1.92. The van der Waals surface area contributed by atoms with Gasteiger partial charge < -0.3 is 55.0 Å². The number of nitrogens with zero attached hydrogens (tertiary/aromatic N) is 3. The van der Waals surface area contributed by atoms with E-state index in [2.05, 4.69) is 20.5 Å². The maximum Gasteiger partial charge on any atom is 0.469 e. The quantitative estimate of drug-likeness (QED) is 0.0610. The smallest absolute Gasteiger partial charge is 0.465 e. The van der Waals surface area contributed by atoms with Gasteiger partial charge in [0.25, 0.3) is 5.91 Å². The van der Waals surface area contributed by atoms with Crippen LogP contribution in [0.15, 0.2) is 53.6 Å². The van der Waals surface area contributed by atoms with Crippen molar-refractivity contribution in [1.29, 1.82) is 0 Å². The van der Waals surface area contributed by atoms with Crippen LogP contribution in [-0.2, 0) is 58.5 Å². The highest BCUT2D eigenvalue weighted by Gasteiger charge is 2.39. The van der Waals surface area contributed by atoms with Gasteiger partial charge in [0, 0.05) is 44.6 Å². The van der Waals surface area contributed by atoms with E-state index in [9.17, 15) is 48.0 Å². The van der Waals surface area contributed by atoms with Crippen molar-refractivity contribution in [1.82, 2.24) is 30.7 Å². The third-order valence-corrected chi connectivity index (χ3v) is 13.3. The first-order chi connectivity index (χ1) is 33.6. The number of carbonyl (C=O) groups excluding carboxylic acids is 7. The number of hydrogen-bond acceptors (Lipinski definition) is 12. The molecule has 0 spiro atoms. The number of phosphoric acid groups is 1. The zero-order valence-electron chi connectivity index (χ0n) is 43.9. The number of phosphoric ester groups is 1. The Morgan fingerprint density at radius 2 is 1.54 bits per heavy atom. The fraction of sp³-hybridized carbons (Fsp3) is 0.640. The van der Waals surface area contributed by atoms with Crippen molar-refractivity contribution in [3.05, 3.63) is 59.2 Å². The summed E-state index contributed by atoms with van der Waals surface area (Å²) in [6, 6.07) is 3.05. The van der Waals surface area contributed by atoms with Gasteiger partial charge in [-0.2, -0.15) is 0 Å². The Morgan fingerprint density at radius 1 is 0.917 bits per heavy atom. The van der Waals surface area contributed by atoms with Gasteiger partial charge in [-0.05, 0) is 89.7 Å². The van der Waals surface area contributed by atoms with Crippen LogP contribution < -0.4 is 16.0 Å². The Hall–Kier alpha value is -5.63. The van der Waals surface area contributed by atoms with Gasteiger partial charge in [0.1, 0.15) is 30.3 Å². The highest BCUT2D eigenvalue weighted by atomic mass is 31.2. The van der Waals surface area contributed by atoms with E-state index in [1.54, 1.807) is 64.1 Å². The van der Waals surface area contributed by atoms with Crippen molar-refractivity contribution < 1.29 is 71.8 Å². The topological polar surface area (TPSA) is 288 Å². The average molecular weight is 1040 g/mol. The first-order valence-corrected chi connectivity index (χ1v) is 26.0. The van der Waals surface area contributed by atoms with Crippen molar-refractivity contribution >= 4 is 55.4 Å². The predicted octanol–water partition coefficient (Wildman–Crippen LogP) is 4.51. The maximum atomic E-state index is 14.3. The van der Waals surface area contributed by atoms with Crippen LogP contribution in [-0.4, -0.2) is 153 Å². The molecule has 0 fully saturated rings. The number of unbranched alkanes of at least 4 members (excludes halogenated alkanes) is 2. The van der Waals surface area contributed by atoms with Crippen LogP contribution >= 0.6 is 7.82 Å². The molecule has 21 nitrogen and oxygen atoms in total. The summed E-state index contributed by atoms with van der Waals surface area (Å²) in [4.78, 5) is 132. The maximum absolute atomic E-state index is 14.3. The summed E-state index contributed by atoms with van der Waals surface area (Å²) in [5.41, 5.74) is 1.25. The molecular formula is C50H79N6O15P. The molecule has 1 aliphatic heterocycles. The van der Waals surface area contributed by atoms with Gasteiger partial charge in [0.15, 0.2) is 6.10 Å². The molecule has 404 valence electrons. The molecule has 2 rings (SSSR count). The molecule has 6 N–H and O–H groups in total. The normalized spacial score (nSPS) is 25.9. The lowest BCUT2D eigenvalue weighted by Gasteiger charge is -2.38. The van der Waals surface area contributed by atoms with Crippen LogP contribution in [0.5, 0.6) is 0 Å². The number of ether oxygens (including phenoxy) is 2. The second kappa shape index (κ2) is 29.8. The number of carboxylic acid groups (broad SMARTS) is 1. The van der Waals surface area contributed by atoms with Crippen LogP contribution in [0.2, 0.25) is 0 Å². The molecule has 0 bridgehead atoms. The number of hydrogen-bond donors (Lipinski definition) is 6. The lowest BCUT2D eigenvalue weighted by atomic mass is 9.87. The fourth-order valence-corrected chi connectivity index (χ4v) is 8.47. The van der Waals surface area contributed by atoms with E-state index in [1.807, 2.05) is 20.8 Å². The zero-order chi connectivity index (χ0) is 54.6. The van der Waals surface area contributed by atoms with Crippen molar-refractivity contribution in [2.24, 2.45) is 17.8 Å². The van der Waals surface area contributed by atoms with Gasteiger partial charge in [0.2, 0.25) is 23.6 Å². The molecule has 0 saturated carbocycles. The van der Waals surface area contributed by atoms with Gasteiger partial charge in [-0.3, -0.25) is 28.5 Å². The Balaban J connectivity index is 2.77. The highest BCUT2D eigenvalue weighted by Crippen LogP contribution is 2.36. The Kier molecular flexibility index (Phi) is 25.8. The molecule has 9 atom stereocenters. The minimum absolute atomic E-state index is 0.0148. The monoisotopic (exact) mass is 1030 g/mol. The molecule has 1 heterocycles. The van der Waals surface area contributed by atoms with E-state index in [0.29, 0.717) is 24.0 Å². The van der Waals surface area contributed by atoms with Crippen molar-refractivity contribution in [3.63, 3.8) is 0 Å². The summed E-state index contributed by atoms with van der Waals surface area (Å²) in [5.74, 6) is -6.69. The van der Waals surface area contributed by atoms with Crippen LogP contribution in [0.4, 0.5) is 4.79 Å². The van der Waals surface area contributed by atoms with Crippen molar-refractivity contribution in [2.75, 3.05) is 33.8 Å². The zero-order valence-corrected chi connectivity index (χ0v) is 44.8. The number of amides is 6. The second-order valence-electron chi connectivity index (χ2n) is 19.1. The Morgan fingerprint density at radius 3 is 2.11 bits per heavy atom. The third-order valence-electron chi connectivity index (χ3n) is 12.8. The molecule has 22 heteroatoms. The Bertz CT molecular complexity index is 2130. The summed E-state index contributed by atoms with van der Waals surface area (Å²) < 4.78 is 27.6. The lowest BCUT2D eigenvalue weighted by molar-refractivity contribution is -0.154. The van der Waals surface area contributed by atoms with Crippen LogP contribution in [0, 0.1) is 17.8 Å². The summed E-state index contributed by atoms with van der Waals surface area (Å²) in [5, 5.41) is 18.7. The van der Waals surface area contributed by atoms with Gasteiger partial charge in [-0.1, -0.05) is 83.5 Å². The number of nitrogens with one attached hydrogen (secondary N) is 3. The van der Waals surface area contributed by atoms with E-state index in [1.165, 1.54) is 45.8 Å². The summed E-state index contributed by atoms with van der Waals surface area (Å²) in [6.45, 7) is 15.6. The summed E-state index contributed by atoms with van der Waals surface area (Å²) in [6.07, 6.45) is 0.478. The van der Waals surface area contributed by atoms with Crippen LogP contribution in [0.25, 0.3) is 0 Å². The van der Waals surface area contributed by atoms with Crippen LogP contribution in [0.3, 0.4) is 0 Å². The number of carbonyl (C=O) groups is 8. The molecule has 72 heavy (non-hydrogen) atoms. The number of likely N-dealkylation sites (N-methyl/N-ethyl adjacent to an activating group) is 2. The van der Waals surface area contributed by atoms with E-state index < -0.39 is 116 Å². The number of benzene rings is 1. The van der Waals surface area contributed by atoms with Crippen molar-refractivity contribution in [3.8, 4) is 0 Å². The number of cyclic esters (lactones) is 2. The SMILES string of the molecule is C/C=C(\C)[C@H]1OC(=O)[C@@H](C)NC(=O)[C@H]([C@H](C)CC)NC(=O)CN(C)C(=O)[C@@H](Cc2ccccc2)N(C)C(=O)[C@H](C)NC(=O)[C@@H](CC(C)C)OC(=O)/C(C)=C/C[C@H](N(CCCCCOP(=O)(O)O)C(=O)O)[C@@H]1C. The Labute approximate surface area is 424 Å². The van der Waals surface area contributed by atoms with Gasteiger partial charge in [-0.25, -0.2) is 18.9 Å². The third kappa shape index (κ3) is 20.1. The number of allylic oxidation sites excluding steroid dienone is 1. The molecule has 6 amide bonds. The molecule has 1 aromatic rings. The predicted molar refractivity (Wildman–Crippen MR) is 267 cm³/mol. The molecule has 0 saturated heterocycles. The highest BCUT2D eigenvalue weighted by molar-refractivity contribution is 7.46. The standard InChI is InChI=1S/C50H79N6O15P/c1-13-31(5)42-45(59)52-36(10)49(63)71-43(32(6)14-2)34(8)38(56(50(64)65)25-19-16-20-26-69-72(66,67)68)24-23-33(7)48(62)70-40(27-30(3)4)44(58)51-35(9)46(60)55(12)39(28-37-21-17-15-18-22-37)47(61)54(11)29-41(57)53-42/h14-15,17-18,21-23,30-31,34-36,38-40,42-43H,13,16,19-20,24-29H2,1-12H3,(H,51,58)(H,52,59)(H,53,57)(H,64,65)(H2,66,67,68)/b32-14+,33-23+/t31-,34+,35+,36-,38+,39-,40-,42+,43-/m1/s1. The van der Waals surface area contributed by atoms with E-state index in [4.69, 9.17) is 19.3 Å². The van der Waals surface area contributed by atoms with E-state index >= 15 is 0 Å². The lowest BCUT2D eigenvalue weighted by Crippen LogP contribution is -2.57. The van der Waals surface area contributed by atoms with Gasteiger partial charge >= 0.3 is 25.9 Å². The average Bonchev–Trinajstić information content (AvgIpc) is 3.31. The van der Waals surface area contributed by atoms with Gasteiger partial charge in [-0.15, -0.1) is 0 Å². The molecular weight excluding hydrogens is 956 g/mol. The van der Waals surface area contributed by atoms with E-state index in [-0.39, 0.29) is 56.7 Å². The molecule has 0 aliphatic carbocycles. The minimum Gasteiger partial charge on any atom is -0.465 e. The largest absolute Gasteiger partial charge is 0.469 e. The molecule has 0 unspecified atom stereocenters. The van der Waals surface area contributed by atoms with E-state index in [0.717, 1.165) is 9.80 Å². The first kappa shape index (κ1) is 62.5. The molecule has 0 radical (unpaired) electrons. The van der Waals surface area contributed by atoms with Crippen molar-refractivity contribution in [2.45, 2.75) is 157 Å². The summed E-state index contributed by atoms with van der Waals surface area (Å²) >= 11 is 0. The number of esters is 2. The van der Waals surface area contributed by atoms with Gasteiger partial charge in [0.05, 0.1) is 13.2 Å².